The number of nitrogens with one attached hydrogen (secondary N) is 2. The zero-order valence-corrected chi connectivity index (χ0v) is 14.7. The molecule has 0 unspecified atom stereocenters. The van der Waals surface area contributed by atoms with Gasteiger partial charge in [-0.15, -0.1) is 0 Å². The lowest BCUT2D eigenvalue weighted by molar-refractivity contribution is -0.134. The predicted molar refractivity (Wildman–Crippen MR) is 93.1 cm³/mol. The quantitative estimate of drug-likeness (QED) is 0.488. The summed E-state index contributed by atoms with van der Waals surface area (Å²) in [5, 5.41) is 2.55. The fourth-order valence-electron chi connectivity index (χ4n) is 3.10. The standard InChI is InChI=1S/C17H19N3O5S/c18-15(22)17-10-11(17)6-2-1-3-9-14(21)19-12-7-4-5-8-13(12)26(24,25)20-16(17)23/h2,4-8,11H,1,3,9-10H2,(H2,18,22)(H,19,21)(H,20,23)/b6-2+/t11-,17-/m1/s1. The molecule has 3 rings (SSSR count). The highest BCUT2D eigenvalue weighted by molar-refractivity contribution is 7.90. The Hall–Kier alpha value is -2.68. The molecule has 2 atom stereocenters. The number of hydrogen-bond acceptors (Lipinski definition) is 5. The van der Waals surface area contributed by atoms with Crippen molar-refractivity contribution in [1.82, 2.24) is 4.72 Å². The number of anilines is 1. The number of amides is 3. The topological polar surface area (TPSA) is 135 Å². The predicted octanol–water partition coefficient (Wildman–Crippen LogP) is 0.662. The molecular formula is C17H19N3O5S. The highest BCUT2D eigenvalue weighted by atomic mass is 32.2. The van der Waals surface area contributed by atoms with Gasteiger partial charge in [0.1, 0.15) is 10.3 Å². The van der Waals surface area contributed by atoms with Crippen LogP contribution in [0.25, 0.3) is 0 Å². The van der Waals surface area contributed by atoms with Gasteiger partial charge in [-0.05, 0) is 31.4 Å². The van der Waals surface area contributed by atoms with Crippen molar-refractivity contribution >= 4 is 33.4 Å². The van der Waals surface area contributed by atoms with Crippen LogP contribution in [0.2, 0.25) is 0 Å². The van der Waals surface area contributed by atoms with E-state index in [0.717, 1.165) is 0 Å². The zero-order chi connectivity index (χ0) is 18.9. The molecule has 26 heavy (non-hydrogen) atoms. The van der Waals surface area contributed by atoms with Crippen LogP contribution < -0.4 is 15.8 Å². The second-order valence-electron chi connectivity index (χ2n) is 6.45. The molecule has 0 spiro atoms. The van der Waals surface area contributed by atoms with Crippen molar-refractivity contribution in [1.29, 1.82) is 0 Å². The summed E-state index contributed by atoms with van der Waals surface area (Å²) in [5.41, 5.74) is 3.91. The third-order valence-corrected chi connectivity index (χ3v) is 6.07. The summed E-state index contributed by atoms with van der Waals surface area (Å²) in [6.45, 7) is 0. The molecule has 3 amide bonds. The van der Waals surface area contributed by atoms with Gasteiger partial charge in [-0.1, -0.05) is 24.3 Å². The van der Waals surface area contributed by atoms with E-state index in [4.69, 9.17) is 5.73 Å². The number of primary amides is 1. The van der Waals surface area contributed by atoms with E-state index in [0.29, 0.717) is 12.8 Å². The number of para-hydroxylation sites is 1. The Morgan fingerprint density at radius 2 is 1.96 bits per heavy atom. The second kappa shape index (κ2) is 6.56. The highest BCUT2D eigenvalue weighted by Gasteiger charge is 2.64. The fraction of sp³-hybridized carbons (Fsp3) is 0.353. The average molecular weight is 377 g/mol. The first-order valence-electron chi connectivity index (χ1n) is 8.20. The summed E-state index contributed by atoms with van der Waals surface area (Å²) in [5.74, 6) is -2.56. The number of hydrogen-bond donors (Lipinski definition) is 3. The van der Waals surface area contributed by atoms with Gasteiger partial charge in [0.15, 0.2) is 0 Å². The summed E-state index contributed by atoms with van der Waals surface area (Å²) < 4.78 is 27.3. The lowest BCUT2D eigenvalue weighted by atomic mass is 10.0. The molecule has 1 heterocycles. The molecule has 0 saturated heterocycles. The first-order chi connectivity index (χ1) is 12.3. The van der Waals surface area contributed by atoms with Gasteiger partial charge in [-0.2, -0.15) is 0 Å². The monoisotopic (exact) mass is 377 g/mol. The maximum atomic E-state index is 12.7. The van der Waals surface area contributed by atoms with Crippen molar-refractivity contribution in [2.45, 2.75) is 30.6 Å². The van der Waals surface area contributed by atoms with E-state index in [9.17, 15) is 22.8 Å². The Morgan fingerprint density at radius 3 is 2.69 bits per heavy atom. The molecule has 1 fully saturated rings. The van der Waals surface area contributed by atoms with Crippen molar-refractivity contribution in [3.63, 3.8) is 0 Å². The van der Waals surface area contributed by atoms with E-state index < -0.39 is 33.2 Å². The molecule has 1 aliphatic carbocycles. The van der Waals surface area contributed by atoms with Crippen molar-refractivity contribution in [2.24, 2.45) is 17.1 Å². The lowest BCUT2D eigenvalue weighted by Crippen LogP contribution is -2.44. The number of benzene rings is 1. The zero-order valence-electron chi connectivity index (χ0n) is 13.9. The molecule has 1 saturated carbocycles. The minimum absolute atomic E-state index is 0.0749. The SMILES string of the molecule is NC(=O)[C@@]12C[C@H]1/C=C/CCCC(=O)Nc1ccccc1S(=O)(=O)NC2=O. The molecular weight excluding hydrogens is 358 g/mol. The van der Waals surface area contributed by atoms with E-state index in [1.54, 1.807) is 18.2 Å². The van der Waals surface area contributed by atoms with E-state index in [1.165, 1.54) is 18.2 Å². The highest BCUT2D eigenvalue weighted by Crippen LogP contribution is 2.53. The lowest BCUT2D eigenvalue weighted by Gasteiger charge is -2.16. The minimum atomic E-state index is -4.29. The number of rotatable bonds is 1. The van der Waals surface area contributed by atoms with Crippen molar-refractivity contribution in [3.8, 4) is 0 Å². The molecule has 1 aromatic carbocycles. The van der Waals surface area contributed by atoms with E-state index in [-0.39, 0.29) is 29.3 Å². The summed E-state index contributed by atoms with van der Waals surface area (Å²) in [6.07, 6.45) is 5.01. The van der Waals surface area contributed by atoms with Gasteiger partial charge >= 0.3 is 0 Å². The fourth-order valence-corrected chi connectivity index (χ4v) is 4.31. The molecule has 0 aromatic heterocycles. The van der Waals surface area contributed by atoms with Gasteiger partial charge in [0.05, 0.1) is 5.69 Å². The molecule has 1 aliphatic heterocycles. The van der Waals surface area contributed by atoms with Gasteiger partial charge < -0.3 is 11.1 Å². The molecule has 4 N–H and O–H groups in total. The maximum Gasteiger partial charge on any atom is 0.266 e. The van der Waals surface area contributed by atoms with E-state index >= 15 is 0 Å². The summed E-state index contributed by atoms with van der Waals surface area (Å²) in [6, 6.07) is 5.76. The van der Waals surface area contributed by atoms with Crippen LogP contribution in [0.1, 0.15) is 25.7 Å². The Kier molecular flexibility index (Phi) is 4.57. The van der Waals surface area contributed by atoms with Crippen LogP contribution in [-0.2, 0) is 24.4 Å². The van der Waals surface area contributed by atoms with Crippen molar-refractivity contribution < 1.29 is 22.8 Å². The molecule has 138 valence electrons. The molecule has 2 aliphatic rings. The number of nitrogens with two attached hydrogens (primary N) is 1. The molecule has 0 radical (unpaired) electrons. The van der Waals surface area contributed by atoms with E-state index in [1.807, 2.05) is 4.72 Å². The van der Waals surface area contributed by atoms with Crippen LogP contribution in [0.5, 0.6) is 0 Å². The third kappa shape index (κ3) is 3.22. The average Bonchev–Trinajstić information content (AvgIpc) is 3.30. The van der Waals surface area contributed by atoms with Crippen LogP contribution >= 0.6 is 0 Å². The van der Waals surface area contributed by atoms with Crippen LogP contribution in [0, 0.1) is 11.3 Å². The Morgan fingerprint density at radius 1 is 1.23 bits per heavy atom. The van der Waals surface area contributed by atoms with Crippen LogP contribution in [0.3, 0.4) is 0 Å². The smallest absolute Gasteiger partial charge is 0.266 e. The number of fused-ring (bicyclic) bond motifs is 2. The number of carbonyl (C=O) groups excluding carboxylic acids is 3. The van der Waals surface area contributed by atoms with Gasteiger partial charge in [-0.3, -0.25) is 14.4 Å². The Labute approximate surface area is 150 Å². The van der Waals surface area contributed by atoms with Crippen LogP contribution in [-0.4, -0.2) is 26.1 Å². The van der Waals surface area contributed by atoms with Gasteiger partial charge in [0.25, 0.3) is 10.0 Å². The summed E-state index contributed by atoms with van der Waals surface area (Å²) in [4.78, 5) is 36.2. The number of carbonyl (C=O) groups is 3. The largest absolute Gasteiger partial charge is 0.369 e. The maximum absolute atomic E-state index is 12.7. The van der Waals surface area contributed by atoms with Gasteiger partial charge in [0, 0.05) is 12.3 Å². The van der Waals surface area contributed by atoms with Gasteiger partial charge in [-0.25, -0.2) is 13.1 Å². The number of sulfonamides is 1. The molecule has 1 aromatic rings. The van der Waals surface area contributed by atoms with Gasteiger partial charge in [0.2, 0.25) is 17.7 Å². The van der Waals surface area contributed by atoms with E-state index in [2.05, 4.69) is 5.32 Å². The Balaban J connectivity index is 2.02. The van der Waals surface area contributed by atoms with Crippen LogP contribution in [0.4, 0.5) is 5.69 Å². The first kappa shape index (κ1) is 18.1. The molecule has 9 heteroatoms. The minimum Gasteiger partial charge on any atom is -0.369 e. The third-order valence-electron chi connectivity index (χ3n) is 4.68. The Bertz CT molecular complexity index is 909. The normalized spacial score (nSPS) is 29.2. The van der Waals surface area contributed by atoms with Crippen LogP contribution in [0.15, 0.2) is 41.3 Å². The summed E-state index contributed by atoms with van der Waals surface area (Å²) >= 11 is 0. The first-order valence-corrected chi connectivity index (χ1v) is 9.68. The molecule has 0 bridgehead atoms. The number of allylic oxidation sites excluding steroid dienone is 2. The van der Waals surface area contributed by atoms with Crippen molar-refractivity contribution in [2.75, 3.05) is 5.32 Å². The molecule has 8 nitrogen and oxygen atoms in total. The summed E-state index contributed by atoms with van der Waals surface area (Å²) in [7, 11) is -4.29. The van der Waals surface area contributed by atoms with Crippen molar-refractivity contribution in [3.05, 3.63) is 36.4 Å². The second-order valence-corrected chi connectivity index (χ2v) is 8.10.